The number of fused-ring (bicyclic) bond motifs is 3. The van der Waals surface area contributed by atoms with Crippen LogP contribution in [-0.2, 0) is 17.8 Å². The lowest BCUT2D eigenvalue weighted by Crippen LogP contribution is -2.48. The second kappa shape index (κ2) is 8.27. The fourth-order valence-corrected chi connectivity index (χ4v) is 7.01. The van der Waals surface area contributed by atoms with Crippen LogP contribution in [0.15, 0.2) is 18.2 Å². The Hall–Kier alpha value is -1.81. The molecule has 2 aromatic rings. The highest BCUT2D eigenvalue weighted by molar-refractivity contribution is 5.88. The van der Waals surface area contributed by atoms with Gasteiger partial charge < -0.3 is 9.47 Å². The molecule has 1 saturated carbocycles. The summed E-state index contributed by atoms with van der Waals surface area (Å²) in [7, 11) is 0. The Morgan fingerprint density at radius 1 is 0.871 bits per heavy atom. The SMILES string of the molecule is O=C(CN1CCCCC1)N1CCn2c3c(c4cc(C5CCCCC5)ccc42)CCC[C@@H]31. The van der Waals surface area contributed by atoms with Gasteiger partial charge >= 0.3 is 0 Å². The number of piperidine rings is 1. The number of aromatic nitrogens is 1. The van der Waals surface area contributed by atoms with E-state index in [0.717, 1.165) is 38.5 Å². The molecule has 1 aromatic heterocycles. The molecule has 2 aliphatic carbocycles. The molecule has 0 spiro atoms. The molecule has 0 unspecified atom stereocenters. The van der Waals surface area contributed by atoms with Gasteiger partial charge in [-0.2, -0.15) is 0 Å². The standard InChI is InChI=1S/C27H37N3O/c31-26(19-28-14-5-2-6-15-28)29-16-17-30-24-13-12-21(20-8-3-1-4-9-20)18-23(24)22-10-7-11-25(29)27(22)30/h12-13,18,20,25H,1-11,14-17,19H2/t25-/m0/s1. The summed E-state index contributed by atoms with van der Waals surface area (Å²) in [6.45, 7) is 4.64. The first-order valence-electron chi connectivity index (χ1n) is 13.0. The third-order valence-electron chi connectivity index (χ3n) is 8.60. The first kappa shape index (κ1) is 19.8. The van der Waals surface area contributed by atoms with Crippen LogP contribution in [-0.4, -0.2) is 46.5 Å². The monoisotopic (exact) mass is 419 g/mol. The molecule has 0 radical (unpaired) electrons. The van der Waals surface area contributed by atoms with Gasteiger partial charge in [0.15, 0.2) is 0 Å². The summed E-state index contributed by atoms with van der Waals surface area (Å²) < 4.78 is 2.57. The lowest BCUT2D eigenvalue weighted by molar-refractivity contribution is -0.136. The van der Waals surface area contributed by atoms with Crippen LogP contribution in [0, 0.1) is 0 Å². The van der Waals surface area contributed by atoms with Crippen LogP contribution in [0.4, 0.5) is 0 Å². The zero-order valence-electron chi connectivity index (χ0n) is 19.0. The molecule has 4 heteroatoms. The first-order valence-corrected chi connectivity index (χ1v) is 13.0. The molecule has 4 aliphatic rings. The van der Waals surface area contributed by atoms with E-state index >= 15 is 0 Å². The van der Waals surface area contributed by atoms with Gasteiger partial charge in [-0.3, -0.25) is 9.69 Å². The highest BCUT2D eigenvalue weighted by atomic mass is 16.2. The predicted octanol–water partition coefficient (Wildman–Crippen LogP) is 5.39. The molecule has 1 aromatic carbocycles. The third kappa shape index (κ3) is 3.51. The first-order chi connectivity index (χ1) is 15.3. The quantitative estimate of drug-likeness (QED) is 0.667. The molecule has 166 valence electrons. The number of hydrogen-bond acceptors (Lipinski definition) is 2. The van der Waals surface area contributed by atoms with Crippen molar-refractivity contribution in [1.29, 1.82) is 0 Å². The Labute approximate surface area is 186 Å². The van der Waals surface area contributed by atoms with E-state index in [0.29, 0.717) is 18.5 Å². The van der Waals surface area contributed by atoms with Crippen molar-refractivity contribution >= 4 is 16.8 Å². The smallest absolute Gasteiger partial charge is 0.237 e. The highest BCUT2D eigenvalue weighted by Gasteiger charge is 2.37. The molecule has 0 bridgehead atoms. The van der Waals surface area contributed by atoms with Crippen molar-refractivity contribution < 1.29 is 4.79 Å². The molecule has 3 heterocycles. The van der Waals surface area contributed by atoms with Crippen molar-refractivity contribution in [2.24, 2.45) is 0 Å². The lowest BCUT2D eigenvalue weighted by atomic mass is 9.83. The van der Waals surface area contributed by atoms with E-state index in [2.05, 4.69) is 32.6 Å². The van der Waals surface area contributed by atoms with Crippen molar-refractivity contribution in [2.75, 3.05) is 26.2 Å². The van der Waals surface area contributed by atoms with Crippen LogP contribution in [0.3, 0.4) is 0 Å². The van der Waals surface area contributed by atoms with E-state index in [1.807, 2.05) is 0 Å². The number of aryl methyl sites for hydroxylation is 1. The number of hydrogen-bond donors (Lipinski definition) is 0. The third-order valence-corrected chi connectivity index (χ3v) is 8.60. The zero-order valence-corrected chi connectivity index (χ0v) is 19.0. The number of carbonyl (C=O) groups excluding carboxylic acids is 1. The fraction of sp³-hybridized carbons (Fsp3) is 0.667. The summed E-state index contributed by atoms with van der Waals surface area (Å²) in [6, 6.07) is 7.64. The minimum atomic E-state index is 0.292. The van der Waals surface area contributed by atoms with Crippen LogP contribution in [0.5, 0.6) is 0 Å². The van der Waals surface area contributed by atoms with Gasteiger partial charge in [0.1, 0.15) is 0 Å². The molecule has 31 heavy (non-hydrogen) atoms. The van der Waals surface area contributed by atoms with E-state index in [1.165, 1.54) is 80.8 Å². The van der Waals surface area contributed by atoms with Crippen LogP contribution in [0.2, 0.25) is 0 Å². The van der Waals surface area contributed by atoms with Gasteiger partial charge in [-0.25, -0.2) is 0 Å². The van der Waals surface area contributed by atoms with Gasteiger partial charge in [-0.1, -0.05) is 31.7 Å². The van der Waals surface area contributed by atoms with E-state index in [1.54, 1.807) is 11.1 Å². The fourth-order valence-electron chi connectivity index (χ4n) is 7.01. The maximum atomic E-state index is 13.3. The second-order valence-corrected chi connectivity index (χ2v) is 10.5. The highest BCUT2D eigenvalue weighted by Crippen LogP contribution is 2.44. The summed E-state index contributed by atoms with van der Waals surface area (Å²) >= 11 is 0. The molecule has 1 saturated heterocycles. The van der Waals surface area contributed by atoms with E-state index < -0.39 is 0 Å². The lowest BCUT2D eigenvalue weighted by Gasteiger charge is -2.41. The maximum absolute atomic E-state index is 13.3. The van der Waals surface area contributed by atoms with Gasteiger partial charge in [-0.05, 0) is 87.2 Å². The average molecular weight is 420 g/mol. The summed E-state index contributed by atoms with van der Waals surface area (Å²) in [5.41, 5.74) is 6.01. The minimum absolute atomic E-state index is 0.292. The van der Waals surface area contributed by atoms with Crippen LogP contribution >= 0.6 is 0 Å². The van der Waals surface area contributed by atoms with Crippen molar-refractivity contribution in [3.8, 4) is 0 Å². The molecule has 1 amide bonds. The van der Waals surface area contributed by atoms with E-state index in [-0.39, 0.29) is 0 Å². The summed E-state index contributed by atoms with van der Waals surface area (Å²) in [5.74, 6) is 1.11. The van der Waals surface area contributed by atoms with E-state index in [4.69, 9.17) is 0 Å². The number of likely N-dealkylation sites (tertiary alicyclic amines) is 1. The maximum Gasteiger partial charge on any atom is 0.237 e. The van der Waals surface area contributed by atoms with Gasteiger partial charge in [0, 0.05) is 29.7 Å². The van der Waals surface area contributed by atoms with Gasteiger partial charge in [-0.15, -0.1) is 0 Å². The van der Waals surface area contributed by atoms with Crippen LogP contribution < -0.4 is 0 Å². The van der Waals surface area contributed by atoms with Gasteiger partial charge in [0.05, 0.1) is 12.6 Å². The Morgan fingerprint density at radius 3 is 2.52 bits per heavy atom. The topological polar surface area (TPSA) is 28.5 Å². The number of benzene rings is 1. The predicted molar refractivity (Wildman–Crippen MR) is 125 cm³/mol. The van der Waals surface area contributed by atoms with Crippen LogP contribution in [0.1, 0.15) is 93.0 Å². The normalized spacial score (nSPS) is 25.0. The van der Waals surface area contributed by atoms with Gasteiger partial charge in [0.2, 0.25) is 5.91 Å². The Bertz CT molecular complexity index is 965. The minimum Gasteiger partial charge on any atom is -0.341 e. The van der Waals surface area contributed by atoms with Gasteiger partial charge in [0.25, 0.3) is 0 Å². The number of nitrogens with zero attached hydrogens (tertiary/aromatic N) is 3. The molecular formula is C27H37N3O. The number of rotatable bonds is 3. The second-order valence-electron chi connectivity index (χ2n) is 10.5. The average Bonchev–Trinajstić information content (AvgIpc) is 3.15. The molecule has 4 nitrogen and oxygen atoms in total. The van der Waals surface area contributed by atoms with E-state index in [9.17, 15) is 4.79 Å². The zero-order chi connectivity index (χ0) is 20.8. The Balaban J connectivity index is 1.31. The van der Waals surface area contributed by atoms with Crippen molar-refractivity contribution in [3.05, 3.63) is 35.0 Å². The molecule has 2 fully saturated rings. The molecule has 2 aliphatic heterocycles. The number of carbonyl (C=O) groups is 1. The molecule has 0 N–H and O–H groups in total. The molecular weight excluding hydrogens is 382 g/mol. The summed E-state index contributed by atoms with van der Waals surface area (Å²) in [4.78, 5) is 18.0. The summed E-state index contributed by atoms with van der Waals surface area (Å²) in [5, 5.41) is 1.49. The van der Waals surface area contributed by atoms with Crippen molar-refractivity contribution in [3.63, 3.8) is 0 Å². The van der Waals surface area contributed by atoms with Crippen LogP contribution in [0.25, 0.3) is 10.9 Å². The Kier molecular flexibility index (Phi) is 5.30. The van der Waals surface area contributed by atoms with Crippen molar-refractivity contribution in [1.82, 2.24) is 14.4 Å². The summed E-state index contributed by atoms with van der Waals surface area (Å²) in [6.07, 6.45) is 14.2. The largest absolute Gasteiger partial charge is 0.341 e. The van der Waals surface area contributed by atoms with Crippen molar-refractivity contribution in [2.45, 2.75) is 89.1 Å². The molecule has 6 rings (SSSR count). The molecule has 1 atom stereocenters. The Morgan fingerprint density at radius 2 is 1.68 bits per heavy atom. The number of amides is 1.